The molecule has 0 bridgehead atoms. The molecule has 0 aliphatic carbocycles. The quantitative estimate of drug-likeness (QED) is 0.459. The van der Waals surface area contributed by atoms with Gasteiger partial charge in [0.2, 0.25) is 0 Å². The first kappa shape index (κ1) is 9.78. The molecule has 11 heavy (non-hydrogen) atoms. The van der Waals surface area contributed by atoms with E-state index in [-0.39, 0.29) is 19.8 Å². The van der Waals surface area contributed by atoms with Gasteiger partial charge in [-0.25, -0.2) is 0 Å². The largest absolute Gasteiger partial charge is 0.391 e. The van der Waals surface area contributed by atoms with Gasteiger partial charge in [-0.3, -0.25) is 0 Å². The van der Waals surface area contributed by atoms with Crippen molar-refractivity contribution in [3.63, 3.8) is 0 Å². The molecule has 0 atom stereocenters. The Morgan fingerprint density at radius 1 is 1.55 bits per heavy atom. The molecule has 0 heterocycles. The zero-order valence-electron chi connectivity index (χ0n) is 6.26. The lowest BCUT2D eigenvalue weighted by molar-refractivity contribution is 0.204. The molecular weight excluding hydrogens is 140 g/mol. The number of aliphatic hydroxyl groups excluding tert-OH is 1. The van der Waals surface area contributed by atoms with E-state index in [2.05, 4.69) is 24.3 Å². The van der Waals surface area contributed by atoms with Gasteiger partial charge in [0.1, 0.15) is 13.2 Å². The monoisotopic (exact) mass is 150 g/mol. The molecule has 0 rings (SSSR count). The topological polar surface area (TPSA) is 29.5 Å². The van der Waals surface area contributed by atoms with Crippen molar-refractivity contribution in [3.8, 4) is 24.2 Å². The van der Waals surface area contributed by atoms with Gasteiger partial charge in [-0.2, -0.15) is 0 Å². The van der Waals surface area contributed by atoms with Gasteiger partial charge in [0, 0.05) is 5.57 Å². The maximum absolute atomic E-state index is 8.46. The highest BCUT2D eigenvalue weighted by atomic mass is 16.5. The minimum Gasteiger partial charge on any atom is -0.391 e. The minimum atomic E-state index is -0.109. The van der Waals surface area contributed by atoms with E-state index in [4.69, 9.17) is 16.3 Å². The molecule has 0 amide bonds. The van der Waals surface area contributed by atoms with Gasteiger partial charge in [-0.1, -0.05) is 24.3 Å². The molecular formula is C9H10O2. The molecule has 0 aromatic carbocycles. The third-order valence-corrected chi connectivity index (χ3v) is 0.816. The van der Waals surface area contributed by atoms with Crippen LogP contribution in [-0.4, -0.2) is 24.9 Å². The standard InChI is InChI=1S/C9H10O2/c1-3-6-11-7-4-5-9(2)8-10/h1,10H,2,6-8H2. The van der Waals surface area contributed by atoms with E-state index in [1.54, 1.807) is 0 Å². The van der Waals surface area contributed by atoms with Gasteiger partial charge in [0.25, 0.3) is 0 Å². The summed E-state index contributed by atoms with van der Waals surface area (Å²) >= 11 is 0. The second kappa shape index (κ2) is 6.89. The summed E-state index contributed by atoms with van der Waals surface area (Å²) in [6.07, 6.45) is 4.92. The molecule has 2 heteroatoms. The van der Waals surface area contributed by atoms with E-state index >= 15 is 0 Å². The molecule has 0 aliphatic rings. The molecule has 0 unspecified atom stereocenters. The highest BCUT2D eigenvalue weighted by Crippen LogP contribution is 1.81. The second-order valence-corrected chi connectivity index (χ2v) is 1.76. The Balaban J connectivity index is 3.42. The fourth-order valence-electron chi connectivity index (χ4n) is 0.362. The Labute approximate surface area is 66.9 Å². The van der Waals surface area contributed by atoms with E-state index in [9.17, 15) is 0 Å². The van der Waals surface area contributed by atoms with Crippen LogP contribution in [0.15, 0.2) is 12.2 Å². The van der Waals surface area contributed by atoms with Gasteiger partial charge in [0.05, 0.1) is 6.61 Å². The van der Waals surface area contributed by atoms with Crippen molar-refractivity contribution in [3.05, 3.63) is 12.2 Å². The van der Waals surface area contributed by atoms with E-state index < -0.39 is 0 Å². The Morgan fingerprint density at radius 2 is 2.27 bits per heavy atom. The van der Waals surface area contributed by atoms with Crippen molar-refractivity contribution in [2.75, 3.05) is 19.8 Å². The van der Waals surface area contributed by atoms with Crippen LogP contribution in [0.1, 0.15) is 0 Å². The average Bonchev–Trinajstić information content (AvgIpc) is 2.04. The van der Waals surface area contributed by atoms with E-state index in [1.807, 2.05) is 0 Å². The smallest absolute Gasteiger partial charge is 0.109 e. The van der Waals surface area contributed by atoms with Gasteiger partial charge < -0.3 is 9.84 Å². The van der Waals surface area contributed by atoms with Gasteiger partial charge in [-0.15, -0.1) is 6.42 Å². The summed E-state index contributed by atoms with van der Waals surface area (Å²) in [5.74, 6) is 7.55. The molecule has 0 fully saturated rings. The Morgan fingerprint density at radius 3 is 2.82 bits per heavy atom. The summed E-state index contributed by atoms with van der Waals surface area (Å²) < 4.78 is 4.85. The lowest BCUT2D eigenvalue weighted by Crippen LogP contribution is -1.91. The van der Waals surface area contributed by atoms with Crippen molar-refractivity contribution in [2.45, 2.75) is 0 Å². The van der Waals surface area contributed by atoms with Crippen LogP contribution in [0, 0.1) is 24.2 Å². The molecule has 0 spiro atoms. The zero-order chi connectivity index (χ0) is 8.53. The van der Waals surface area contributed by atoms with Gasteiger partial charge >= 0.3 is 0 Å². The first-order valence-corrected chi connectivity index (χ1v) is 3.10. The molecule has 1 N–H and O–H groups in total. The van der Waals surface area contributed by atoms with Crippen molar-refractivity contribution in [1.82, 2.24) is 0 Å². The van der Waals surface area contributed by atoms with Crippen molar-refractivity contribution in [1.29, 1.82) is 0 Å². The lowest BCUT2D eigenvalue weighted by atomic mass is 10.3. The van der Waals surface area contributed by atoms with Crippen molar-refractivity contribution in [2.24, 2.45) is 0 Å². The van der Waals surface area contributed by atoms with Crippen molar-refractivity contribution < 1.29 is 9.84 Å². The lowest BCUT2D eigenvalue weighted by Gasteiger charge is -1.89. The van der Waals surface area contributed by atoms with Crippen LogP contribution in [0.4, 0.5) is 0 Å². The first-order valence-electron chi connectivity index (χ1n) is 3.10. The van der Waals surface area contributed by atoms with Crippen LogP contribution in [0.25, 0.3) is 0 Å². The Hall–Kier alpha value is -1.22. The number of terminal acetylenes is 1. The third-order valence-electron chi connectivity index (χ3n) is 0.816. The molecule has 0 aliphatic heterocycles. The summed E-state index contributed by atoms with van der Waals surface area (Å²) in [5.41, 5.74) is 0.481. The molecule has 0 saturated carbocycles. The predicted molar refractivity (Wildman–Crippen MR) is 43.7 cm³/mol. The number of ether oxygens (including phenoxy) is 1. The van der Waals surface area contributed by atoms with Gasteiger partial charge in [-0.05, 0) is 0 Å². The zero-order valence-corrected chi connectivity index (χ0v) is 6.26. The molecule has 0 aromatic heterocycles. The van der Waals surface area contributed by atoms with Crippen LogP contribution in [0.3, 0.4) is 0 Å². The molecule has 0 aromatic rings. The number of aliphatic hydroxyl groups is 1. The number of rotatable bonds is 3. The van der Waals surface area contributed by atoms with Crippen LogP contribution in [0.5, 0.6) is 0 Å². The predicted octanol–water partition coefficient (Wildman–Crippen LogP) is 0.188. The van der Waals surface area contributed by atoms with E-state index in [0.717, 1.165) is 0 Å². The molecule has 0 radical (unpaired) electrons. The molecule has 0 saturated heterocycles. The highest BCUT2D eigenvalue weighted by molar-refractivity contribution is 5.25. The van der Waals surface area contributed by atoms with Crippen LogP contribution in [0.2, 0.25) is 0 Å². The Kier molecular flexibility index (Phi) is 6.13. The summed E-state index contributed by atoms with van der Waals surface area (Å²) in [6, 6.07) is 0. The second-order valence-electron chi connectivity index (χ2n) is 1.76. The highest BCUT2D eigenvalue weighted by Gasteiger charge is 1.80. The number of hydrogen-bond donors (Lipinski definition) is 1. The normalized spacial score (nSPS) is 7.64. The maximum Gasteiger partial charge on any atom is 0.109 e. The van der Waals surface area contributed by atoms with Gasteiger partial charge in [0.15, 0.2) is 0 Å². The van der Waals surface area contributed by atoms with Crippen LogP contribution in [-0.2, 0) is 4.74 Å². The summed E-state index contributed by atoms with van der Waals surface area (Å²) in [4.78, 5) is 0. The summed E-state index contributed by atoms with van der Waals surface area (Å²) in [6.45, 7) is 3.91. The fraction of sp³-hybridized carbons (Fsp3) is 0.333. The fourth-order valence-corrected chi connectivity index (χ4v) is 0.362. The van der Waals surface area contributed by atoms with E-state index in [0.29, 0.717) is 5.57 Å². The van der Waals surface area contributed by atoms with Crippen molar-refractivity contribution >= 4 is 0 Å². The van der Waals surface area contributed by atoms with Crippen LogP contribution >= 0.6 is 0 Å². The maximum atomic E-state index is 8.46. The Bertz CT molecular complexity index is 212. The average molecular weight is 150 g/mol. The molecule has 58 valence electrons. The summed E-state index contributed by atoms with van der Waals surface area (Å²) in [5, 5.41) is 8.46. The SMILES string of the molecule is C#CCOCC#CC(=C)CO. The number of hydrogen-bond acceptors (Lipinski definition) is 2. The minimum absolute atomic E-state index is 0.109. The summed E-state index contributed by atoms with van der Waals surface area (Å²) in [7, 11) is 0. The first-order chi connectivity index (χ1) is 5.31. The molecule has 2 nitrogen and oxygen atoms in total. The third kappa shape index (κ3) is 6.67. The van der Waals surface area contributed by atoms with E-state index in [1.165, 1.54) is 0 Å². The van der Waals surface area contributed by atoms with Crippen LogP contribution < -0.4 is 0 Å².